The maximum Gasteiger partial charge on any atom is 0.306 e. The molecule has 0 spiro atoms. The number of H-pyrrole nitrogens is 1. The summed E-state index contributed by atoms with van der Waals surface area (Å²) < 4.78 is 18.5. The van der Waals surface area contributed by atoms with Crippen LogP contribution < -0.4 is 5.56 Å². The van der Waals surface area contributed by atoms with Crippen LogP contribution in [0.4, 0.5) is 4.39 Å². The molecule has 0 aliphatic rings. The van der Waals surface area contributed by atoms with E-state index in [4.69, 9.17) is 4.74 Å². The van der Waals surface area contributed by atoms with E-state index in [0.717, 1.165) is 0 Å². The molecule has 0 radical (unpaired) electrons. The minimum absolute atomic E-state index is 0.0614. The first-order valence-corrected chi connectivity index (χ1v) is 6.84. The second-order valence-corrected chi connectivity index (χ2v) is 4.95. The Bertz CT molecular complexity index is 715. The normalized spacial score (nSPS) is 10.8. The Morgan fingerprint density at radius 2 is 2.25 bits per heavy atom. The Morgan fingerprint density at radius 1 is 1.50 bits per heavy atom. The zero-order valence-corrected chi connectivity index (χ0v) is 12.3. The lowest BCUT2D eigenvalue weighted by atomic mass is 10.2. The smallest absolute Gasteiger partial charge is 0.306 e. The molecule has 0 amide bonds. The number of hydrogen-bond donors (Lipinski definition) is 1. The van der Waals surface area contributed by atoms with Gasteiger partial charge in [0.1, 0.15) is 11.5 Å². The predicted molar refractivity (Wildman–Crippen MR) is 75.0 cm³/mol. The zero-order valence-electron chi connectivity index (χ0n) is 10.7. The number of aromatic amines is 1. The summed E-state index contributed by atoms with van der Waals surface area (Å²) in [4.78, 5) is 29.9. The van der Waals surface area contributed by atoms with Gasteiger partial charge in [0.05, 0.1) is 24.1 Å². The molecule has 1 aromatic heterocycles. The van der Waals surface area contributed by atoms with E-state index >= 15 is 0 Å². The number of carbonyl (C=O) groups excluding carboxylic acids is 1. The van der Waals surface area contributed by atoms with Gasteiger partial charge in [-0.2, -0.15) is 0 Å². The fraction of sp³-hybridized carbons (Fsp3) is 0.308. The van der Waals surface area contributed by atoms with E-state index in [1.54, 1.807) is 6.92 Å². The van der Waals surface area contributed by atoms with Crippen LogP contribution in [0.5, 0.6) is 0 Å². The van der Waals surface area contributed by atoms with Crippen molar-refractivity contribution in [1.29, 1.82) is 0 Å². The van der Waals surface area contributed by atoms with Gasteiger partial charge in [-0.15, -0.1) is 0 Å². The first-order chi connectivity index (χ1) is 9.51. The molecule has 0 saturated heterocycles. The van der Waals surface area contributed by atoms with Gasteiger partial charge >= 0.3 is 5.97 Å². The minimum Gasteiger partial charge on any atom is -0.466 e. The number of ether oxygens (including phenoxy) is 1. The van der Waals surface area contributed by atoms with Crippen LogP contribution in [-0.2, 0) is 16.0 Å². The third kappa shape index (κ3) is 3.22. The summed E-state index contributed by atoms with van der Waals surface area (Å²) in [7, 11) is 0. The number of aryl methyl sites for hydroxylation is 1. The summed E-state index contributed by atoms with van der Waals surface area (Å²) in [5.74, 6) is -0.852. The van der Waals surface area contributed by atoms with Crippen molar-refractivity contribution in [3.05, 3.63) is 38.5 Å². The molecule has 0 aliphatic carbocycles. The summed E-state index contributed by atoms with van der Waals surface area (Å²) in [5.41, 5.74) is 0.545. The Balaban J connectivity index is 2.33. The number of carbonyl (C=O) groups is 1. The molecular weight excluding hydrogens is 331 g/mol. The van der Waals surface area contributed by atoms with Crippen molar-refractivity contribution in [3.8, 4) is 0 Å². The Kier molecular flexibility index (Phi) is 4.49. The standard InChI is InChI=1S/C13H12BrFN2O3/c1-2-20-11(18)4-3-9-13(19)17-12-8(14)5-7(15)6-10(12)16-9/h5-6H,2-4H2,1H3,(H,17,19). The van der Waals surface area contributed by atoms with Crippen LogP contribution >= 0.6 is 15.9 Å². The molecule has 0 bridgehead atoms. The average molecular weight is 343 g/mol. The van der Waals surface area contributed by atoms with Gasteiger partial charge in [-0.1, -0.05) is 0 Å². The molecule has 106 valence electrons. The highest BCUT2D eigenvalue weighted by molar-refractivity contribution is 9.10. The van der Waals surface area contributed by atoms with Crippen molar-refractivity contribution in [2.24, 2.45) is 0 Å². The highest BCUT2D eigenvalue weighted by Crippen LogP contribution is 2.21. The first-order valence-electron chi connectivity index (χ1n) is 6.05. The van der Waals surface area contributed by atoms with Crippen LogP contribution in [0.3, 0.4) is 0 Å². The third-order valence-electron chi connectivity index (χ3n) is 2.66. The molecule has 1 N–H and O–H groups in total. The quantitative estimate of drug-likeness (QED) is 0.865. The largest absolute Gasteiger partial charge is 0.466 e. The number of aromatic nitrogens is 2. The summed E-state index contributed by atoms with van der Waals surface area (Å²) in [5, 5.41) is 0. The number of nitrogens with one attached hydrogen (secondary N) is 1. The summed E-state index contributed by atoms with van der Waals surface area (Å²) in [6, 6.07) is 2.47. The Morgan fingerprint density at radius 3 is 2.95 bits per heavy atom. The Labute approximate surface area is 122 Å². The number of hydrogen-bond acceptors (Lipinski definition) is 4. The second kappa shape index (κ2) is 6.13. The highest BCUT2D eigenvalue weighted by Gasteiger charge is 2.11. The second-order valence-electron chi connectivity index (χ2n) is 4.10. The van der Waals surface area contributed by atoms with Gasteiger partial charge in [-0.05, 0) is 28.9 Å². The van der Waals surface area contributed by atoms with Gasteiger partial charge in [-0.25, -0.2) is 9.37 Å². The Hall–Kier alpha value is -1.76. The van der Waals surface area contributed by atoms with E-state index < -0.39 is 17.3 Å². The third-order valence-corrected chi connectivity index (χ3v) is 3.29. The van der Waals surface area contributed by atoms with Crippen molar-refractivity contribution in [1.82, 2.24) is 9.97 Å². The molecule has 20 heavy (non-hydrogen) atoms. The fourth-order valence-corrected chi connectivity index (χ4v) is 2.30. The molecule has 0 fully saturated rings. The van der Waals surface area contributed by atoms with E-state index in [1.807, 2.05) is 0 Å². The molecule has 0 atom stereocenters. The number of halogens is 2. The molecule has 7 heteroatoms. The van der Waals surface area contributed by atoms with Crippen molar-refractivity contribution in [3.63, 3.8) is 0 Å². The molecule has 1 aromatic carbocycles. The van der Waals surface area contributed by atoms with Gasteiger partial charge in [-0.3, -0.25) is 9.59 Å². The van der Waals surface area contributed by atoms with Crippen LogP contribution in [0.25, 0.3) is 11.0 Å². The molecule has 1 heterocycles. The van der Waals surface area contributed by atoms with Crippen LogP contribution in [0.15, 0.2) is 21.4 Å². The lowest BCUT2D eigenvalue weighted by molar-refractivity contribution is -0.143. The van der Waals surface area contributed by atoms with E-state index in [1.165, 1.54) is 12.1 Å². The van der Waals surface area contributed by atoms with Crippen LogP contribution in [0, 0.1) is 5.82 Å². The van der Waals surface area contributed by atoms with E-state index in [-0.39, 0.29) is 18.5 Å². The van der Waals surface area contributed by atoms with Gasteiger partial charge < -0.3 is 9.72 Å². The lowest BCUT2D eigenvalue weighted by Crippen LogP contribution is -2.17. The highest BCUT2D eigenvalue weighted by atomic mass is 79.9. The lowest BCUT2D eigenvalue weighted by Gasteiger charge is -2.04. The molecule has 2 aromatic rings. The van der Waals surface area contributed by atoms with Crippen LogP contribution in [-0.4, -0.2) is 22.5 Å². The first kappa shape index (κ1) is 14.6. The number of rotatable bonds is 4. The monoisotopic (exact) mass is 342 g/mol. The average Bonchev–Trinajstić information content (AvgIpc) is 2.38. The minimum atomic E-state index is -0.458. The SMILES string of the molecule is CCOC(=O)CCc1nc2cc(F)cc(Br)c2[nH]c1=O. The number of benzene rings is 1. The molecule has 0 unspecified atom stereocenters. The topological polar surface area (TPSA) is 72.0 Å². The maximum atomic E-state index is 13.3. The van der Waals surface area contributed by atoms with Gasteiger partial charge in [0.15, 0.2) is 0 Å². The molecule has 0 aliphatic heterocycles. The number of nitrogens with zero attached hydrogens (tertiary/aromatic N) is 1. The number of fused-ring (bicyclic) bond motifs is 1. The summed E-state index contributed by atoms with van der Waals surface area (Å²) >= 11 is 3.16. The van der Waals surface area contributed by atoms with Gasteiger partial charge in [0.2, 0.25) is 0 Å². The van der Waals surface area contributed by atoms with Gasteiger partial charge in [0.25, 0.3) is 5.56 Å². The van der Waals surface area contributed by atoms with Crippen molar-refractivity contribution >= 4 is 32.9 Å². The van der Waals surface area contributed by atoms with E-state index in [0.29, 0.717) is 22.1 Å². The molecule has 5 nitrogen and oxygen atoms in total. The van der Waals surface area contributed by atoms with E-state index in [9.17, 15) is 14.0 Å². The molecular formula is C13H12BrFN2O3. The number of esters is 1. The molecule has 0 saturated carbocycles. The molecule has 2 rings (SSSR count). The summed E-state index contributed by atoms with van der Waals surface area (Å²) in [6.45, 7) is 2.00. The predicted octanol–water partition coefficient (Wildman–Crippen LogP) is 2.32. The summed E-state index contributed by atoms with van der Waals surface area (Å²) in [6.07, 6.45) is 0.212. The van der Waals surface area contributed by atoms with Gasteiger partial charge in [0, 0.05) is 17.0 Å². The van der Waals surface area contributed by atoms with Crippen molar-refractivity contribution in [2.75, 3.05) is 6.61 Å². The van der Waals surface area contributed by atoms with Crippen molar-refractivity contribution < 1.29 is 13.9 Å². The van der Waals surface area contributed by atoms with Crippen LogP contribution in [0.2, 0.25) is 0 Å². The van der Waals surface area contributed by atoms with Crippen LogP contribution in [0.1, 0.15) is 19.0 Å². The zero-order chi connectivity index (χ0) is 14.7. The van der Waals surface area contributed by atoms with E-state index in [2.05, 4.69) is 25.9 Å². The van der Waals surface area contributed by atoms with Crippen molar-refractivity contribution in [2.45, 2.75) is 19.8 Å². The fourth-order valence-electron chi connectivity index (χ4n) is 1.78. The maximum absolute atomic E-state index is 13.3.